The molecule has 2 fully saturated rings. The molecule has 0 bridgehead atoms. The molecule has 0 spiro atoms. The molecule has 1 aromatic heterocycles. The molecular formula is C36H42N4O. The lowest BCUT2D eigenvalue weighted by atomic mass is 9.93. The first-order valence-electron chi connectivity index (χ1n) is 15.4. The number of pyridine rings is 1. The van der Waals surface area contributed by atoms with Crippen LogP contribution in [0.3, 0.4) is 0 Å². The summed E-state index contributed by atoms with van der Waals surface area (Å²) in [5.41, 5.74) is 6.93. The molecule has 1 N–H and O–H groups in total. The van der Waals surface area contributed by atoms with E-state index in [4.69, 9.17) is 4.98 Å². The molecule has 212 valence electrons. The summed E-state index contributed by atoms with van der Waals surface area (Å²) in [5.74, 6) is -0.0356. The zero-order valence-electron chi connectivity index (χ0n) is 24.5. The molecule has 3 heterocycles. The molecule has 3 aromatic carbocycles. The van der Waals surface area contributed by atoms with Crippen molar-refractivity contribution in [2.24, 2.45) is 0 Å². The van der Waals surface area contributed by atoms with Crippen molar-refractivity contribution < 1.29 is 4.79 Å². The molecule has 1 amide bonds. The van der Waals surface area contributed by atoms with E-state index in [9.17, 15) is 4.79 Å². The molecule has 0 radical (unpaired) electrons. The number of piperidine rings is 2. The van der Waals surface area contributed by atoms with Gasteiger partial charge < -0.3 is 10.2 Å². The first-order chi connectivity index (χ1) is 20.1. The second-order valence-electron chi connectivity index (χ2n) is 11.9. The summed E-state index contributed by atoms with van der Waals surface area (Å²) in [5, 5.41) is 4.24. The molecule has 0 saturated carbocycles. The van der Waals surface area contributed by atoms with Gasteiger partial charge >= 0.3 is 0 Å². The van der Waals surface area contributed by atoms with Gasteiger partial charge in [0.15, 0.2) is 0 Å². The van der Waals surface area contributed by atoms with E-state index < -0.39 is 0 Å². The summed E-state index contributed by atoms with van der Waals surface area (Å²) in [4.78, 5) is 24.7. The Morgan fingerprint density at radius 1 is 0.878 bits per heavy atom. The summed E-state index contributed by atoms with van der Waals surface area (Å²) in [6.07, 6.45) is 6.42. The minimum Gasteiger partial charge on any atom is -0.345 e. The van der Waals surface area contributed by atoms with Crippen LogP contribution in [0, 0.1) is 6.92 Å². The zero-order chi connectivity index (χ0) is 28.2. The zero-order valence-corrected chi connectivity index (χ0v) is 24.5. The number of amides is 1. The monoisotopic (exact) mass is 546 g/mol. The number of hydrogen-bond donors (Lipinski definition) is 1. The number of aryl methyl sites for hydroxylation is 1. The predicted octanol–water partition coefficient (Wildman–Crippen LogP) is 7.15. The molecular weight excluding hydrogens is 504 g/mol. The number of nitrogens with one attached hydrogen (secondary N) is 1. The molecule has 2 aliphatic heterocycles. The van der Waals surface area contributed by atoms with Crippen LogP contribution in [0.1, 0.15) is 72.1 Å². The van der Waals surface area contributed by atoms with Gasteiger partial charge in [0.2, 0.25) is 0 Å². The summed E-state index contributed by atoms with van der Waals surface area (Å²) in [7, 11) is 0. The van der Waals surface area contributed by atoms with E-state index in [1.165, 1.54) is 50.8 Å². The Hall–Kier alpha value is -3.54. The van der Waals surface area contributed by atoms with Crippen LogP contribution in [0.15, 0.2) is 78.9 Å². The van der Waals surface area contributed by atoms with Crippen LogP contribution in [0.2, 0.25) is 0 Å². The van der Waals surface area contributed by atoms with Gasteiger partial charge in [-0.2, -0.15) is 0 Å². The summed E-state index contributed by atoms with van der Waals surface area (Å²) in [6, 6.07) is 27.4. The van der Waals surface area contributed by atoms with Gasteiger partial charge in [-0.3, -0.25) is 9.69 Å². The van der Waals surface area contributed by atoms with Crippen LogP contribution >= 0.6 is 0 Å². The number of rotatable bonds is 7. The van der Waals surface area contributed by atoms with E-state index >= 15 is 0 Å². The fourth-order valence-corrected chi connectivity index (χ4v) is 6.66. The fourth-order valence-electron chi connectivity index (χ4n) is 6.66. The number of fused-ring (bicyclic) bond motifs is 1. The maximum absolute atomic E-state index is 14.2. The Bertz CT molecular complexity index is 1470. The molecule has 2 saturated heterocycles. The Balaban J connectivity index is 1.37. The Labute approximate surface area is 244 Å². The summed E-state index contributed by atoms with van der Waals surface area (Å²) in [6.45, 7) is 9.47. The highest BCUT2D eigenvalue weighted by atomic mass is 16.1. The predicted molar refractivity (Wildman–Crippen MR) is 168 cm³/mol. The Kier molecular flexibility index (Phi) is 8.45. The van der Waals surface area contributed by atoms with Gasteiger partial charge in [-0.05, 0) is 77.3 Å². The van der Waals surface area contributed by atoms with Crippen molar-refractivity contribution in [1.29, 1.82) is 0 Å². The lowest BCUT2D eigenvalue weighted by molar-refractivity contribution is 0.0884. The summed E-state index contributed by atoms with van der Waals surface area (Å²) < 4.78 is 0. The number of hydrogen-bond acceptors (Lipinski definition) is 4. The van der Waals surface area contributed by atoms with E-state index in [0.29, 0.717) is 6.04 Å². The van der Waals surface area contributed by atoms with Crippen LogP contribution in [-0.4, -0.2) is 52.9 Å². The topological polar surface area (TPSA) is 48.5 Å². The molecule has 5 nitrogen and oxygen atoms in total. The van der Waals surface area contributed by atoms with E-state index in [-0.39, 0.29) is 11.9 Å². The minimum atomic E-state index is -0.105. The number of carbonyl (C=O) groups excluding carboxylic acids is 1. The van der Waals surface area contributed by atoms with Crippen molar-refractivity contribution in [2.75, 3.05) is 26.2 Å². The number of aromatic nitrogens is 1. The molecule has 6 rings (SSSR count). The van der Waals surface area contributed by atoms with Gasteiger partial charge in [0.1, 0.15) is 0 Å². The molecule has 5 heteroatoms. The van der Waals surface area contributed by atoms with Crippen LogP contribution in [0.4, 0.5) is 0 Å². The van der Waals surface area contributed by atoms with E-state index in [0.717, 1.165) is 58.5 Å². The van der Waals surface area contributed by atoms with Crippen LogP contribution in [-0.2, 0) is 6.54 Å². The van der Waals surface area contributed by atoms with Gasteiger partial charge in [-0.1, -0.05) is 84.8 Å². The molecule has 4 aromatic rings. The SMILES string of the molecule is Cc1ccc(-c2nc3ccccc3c(C(=O)N[C@@H](C)c3ccccc3)c2CN2CCC(N3CCCCC3)CC2)cc1. The average Bonchev–Trinajstić information content (AvgIpc) is 3.02. The number of benzene rings is 3. The number of nitrogens with zero attached hydrogens (tertiary/aromatic N) is 3. The molecule has 1 atom stereocenters. The normalized spacial score (nSPS) is 17.9. The molecule has 41 heavy (non-hydrogen) atoms. The van der Waals surface area contributed by atoms with Gasteiger partial charge in [0.25, 0.3) is 5.91 Å². The second-order valence-corrected chi connectivity index (χ2v) is 11.9. The van der Waals surface area contributed by atoms with E-state index in [1.54, 1.807) is 0 Å². The van der Waals surface area contributed by atoms with Gasteiger partial charge in [-0.25, -0.2) is 4.98 Å². The smallest absolute Gasteiger partial charge is 0.252 e. The Morgan fingerprint density at radius 3 is 2.29 bits per heavy atom. The maximum Gasteiger partial charge on any atom is 0.252 e. The van der Waals surface area contributed by atoms with Crippen molar-refractivity contribution in [3.05, 3.63) is 101 Å². The van der Waals surface area contributed by atoms with Crippen molar-refractivity contribution in [3.63, 3.8) is 0 Å². The second kappa shape index (κ2) is 12.5. The van der Waals surface area contributed by atoms with Crippen molar-refractivity contribution >= 4 is 16.8 Å². The standard InChI is InChI=1S/C36H42N4O/c1-26-15-17-29(18-16-26)35-32(25-39-23-19-30(20-24-39)40-21-9-4-10-22-40)34(31-13-7-8-14-33(31)38-35)36(41)37-27(2)28-11-5-3-6-12-28/h3,5-8,11-18,27,30H,4,9-10,19-25H2,1-2H3,(H,37,41)/t27-/m0/s1. The van der Waals surface area contributed by atoms with Gasteiger partial charge in [0, 0.05) is 29.1 Å². The van der Waals surface area contributed by atoms with Crippen molar-refractivity contribution in [1.82, 2.24) is 20.1 Å². The number of carbonyl (C=O) groups is 1. The number of para-hydroxylation sites is 1. The quantitative estimate of drug-likeness (QED) is 0.267. The lowest BCUT2D eigenvalue weighted by Gasteiger charge is -2.40. The highest BCUT2D eigenvalue weighted by Gasteiger charge is 2.29. The van der Waals surface area contributed by atoms with Gasteiger partial charge in [0.05, 0.1) is 22.8 Å². The fraction of sp³-hybridized carbons (Fsp3) is 0.389. The average molecular weight is 547 g/mol. The third kappa shape index (κ3) is 6.22. The largest absolute Gasteiger partial charge is 0.345 e. The third-order valence-corrected chi connectivity index (χ3v) is 9.04. The van der Waals surface area contributed by atoms with Gasteiger partial charge in [-0.15, -0.1) is 0 Å². The summed E-state index contributed by atoms with van der Waals surface area (Å²) >= 11 is 0. The van der Waals surface area contributed by atoms with Crippen LogP contribution in [0.5, 0.6) is 0 Å². The highest BCUT2D eigenvalue weighted by molar-refractivity contribution is 6.09. The first-order valence-corrected chi connectivity index (χ1v) is 15.4. The number of likely N-dealkylation sites (tertiary alicyclic amines) is 2. The highest BCUT2D eigenvalue weighted by Crippen LogP contribution is 2.33. The maximum atomic E-state index is 14.2. The minimum absolute atomic E-state index is 0.0356. The Morgan fingerprint density at radius 2 is 1.56 bits per heavy atom. The van der Waals surface area contributed by atoms with Crippen molar-refractivity contribution in [3.8, 4) is 11.3 Å². The molecule has 0 unspecified atom stereocenters. The first kappa shape index (κ1) is 27.6. The lowest BCUT2D eigenvalue weighted by Crippen LogP contribution is -2.46. The molecule has 0 aliphatic carbocycles. The van der Waals surface area contributed by atoms with Crippen molar-refractivity contribution in [2.45, 2.75) is 64.6 Å². The van der Waals surface area contributed by atoms with Crippen LogP contribution in [0.25, 0.3) is 22.2 Å². The third-order valence-electron chi connectivity index (χ3n) is 9.04. The van der Waals surface area contributed by atoms with E-state index in [2.05, 4.69) is 71.4 Å². The van der Waals surface area contributed by atoms with E-state index in [1.807, 2.05) is 36.4 Å². The van der Waals surface area contributed by atoms with Crippen LogP contribution < -0.4 is 5.32 Å². The molecule has 2 aliphatic rings.